The first-order chi connectivity index (χ1) is 11.8. The molecule has 0 bridgehead atoms. The zero-order valence-corrected chi connectivity index (χ0v) is 13.4. The molecule has 1 N–H and O–H groups in total. The van der Waals surface area contributed by atoms with Gasteiger partial charge < -0.3 is 5.11 Å². The highest BCUT2D eigenvalue weighted by Crippen LogP contribution is 2.44. The molecule has 1 aromatic carbocycles. The summed E-state index contributed by atoms with van der Waals surface area (Å²) in [5.74, 6) is -0.722. The van der Waals surface area contributed by atoms with Crippen LogP contribution < -0.4 is 0 Å². The van der Waals surface area contributed by atoms with Crippen molar-refractivity contribution in [1.82, 2.24) is 9.97 Å². The van der Waals surface area contributed by atoms with Crippen LogP contribution in [0.25, 0.3) is 0 Å². The highest BCUT2D eigenvalue weighted by atomic mass is 19.4. The Morgan fingerprint density at radius 1 is 1.12 bits per heavy atom. The quantitative estimate of drug-likeness (QED) is 0.895. The number of benzene rings is 1. The van der Waals surface area contributed by atoms with Gasteiger partial charge in [-0.2, -0.15) is 13.2 Å². The normalized spacial score (nSPS) is 16.8. The molecule has 1 saturated carbocycles. The van der Waals surface area contributed by atoms with E-state index >= 15 is 0 Å². The number of hydrogen-bond acceptors (Lipinski definition) is 3. The van der Waals surface area contributed by atoms with Gasteiger partial charge in [0.2, 0.25) is 0 Å². The largest absolute Gasteiger partial charge is 0.477 e. The van der Waals surface area contributed by atoms with Crippen molar-refractivity contribution < 1.29 is 23.1 Å². The Labute approximate surface area is 142 Å². The van der Waals surface area contributed by atoms with Gasteiger partial charge in [-0.1, -0.05) is 25.0 Å². The van der Waals surface area contributed by atoms with E-state index in [1.165, 1.54) is 24.4 Å². The second-order valence-corrected chi connectivity index (χ2v) is 6.40. The summed E-state index contributed by atoms with van der Waals surface area (Å²) in [6.45, 7) is 0. The second kappa shape index (κ2) is 6.46. The van der Waals surface area contributed by atoms with E-state index < -0.39 is 17.7 Å². The summed E-state index contributed by atoms with van der Waals surface area (Å²) in [5, 5.41) is 9.06. The lowest BCUT2D eigenvalue weighted by Gasteiger charge is -2.29. The molecule has 1 heterocycles. The number of carboxylic acids is 1. The standard InChI is InChI=1S/C18H17F3N2O2/c19-18(20,21)13-5-3-12(4-6-13)17(8-1-2-9-17)11-15-22-10-7-14(23-15)16(24)25/h3-7,10H,1-2,8-9,11H2,(H,24,25). The molecule has 132 valence electrons. The molecule has 3 rings (SSSR count). The number of nitrogens with zero attached hydrogens (tertiary/aromatic N) is 2. The Balaban J connectivity index is 1.92. The number of halogens is 3. The maximum Gasteiger partial charge on any atom is 0.416 e. The highest BCUT2D eigenvalue weighted by molar-refractivity contribution is 5.85. The topological polar surface area (TPSA) is 63.1 Å². The molecule has 1 aliphatic carbocycles. The van der Waals surface area contributed by atoms with Gasteiger partial charge in [-0.3, -0.25) is 0 Å². The molecule has 7 heteroatoms. The fourth-order valence-corrected chi connectivity index (χ4v) is 3.54. The van der Waals surface area contributed by atoms with E-state index in [1.807, 2.05) is 0 Å². The Bertz CT molecular complexity index is 767. The summed E-state index contributed by atoms with van der Waals surface area (Å²) < 4.78 is 38.4. The highest BCUT2D eigenvalue weighted by Gasteiger charge is 2.38. The molecule has 0 atom stereocenters. The number of alkyl halides is 3. The van der Waals surface area contributed by atoms with Crippen LogP contribution in [-0.2, 0) is 18.0 Å². The van der Waals surface area contributed by atoms with E-state index in [0.29, 0.717) is 12.2 Å². The fraction of sp³-hybridized carbons (Fsp3) is 0.389. The van der Waals surface area contributed by atoms with Crippen molar-refractivity contribution in [3.05, 3.63) is 59.2 Å². The minimum atomic E-state index is -4.36. The average Bonchev–Trinajstić information content (AvgIpc) is 3.04. The average molecular weight is 350 g/mol. The summed E-state index contributed by atoms with van der Waals surface area (Å²) in [4.78, 5) is 19.3. The van der Waals surface area contributed by atoms with Crippen molar-refractivity contribution >= 4 is 5.97 Å². The van der Waals surface area contributed by atoms with E-state index in [2.05, 4.69) is 9.97 Å². The third kappa shape index (κ3) is 3.65. The number of hydrogen-bond donors (Lipinski definition) is 1. The molecule has 0 unspecified atom stereocenters. The molecule has 1 aliphatic rings. The summed E-state index contributed by atoms with van der Waals surface area (Å²) in [5.41, 5.74) is -0.275. The van der Waals surface area contributed by atoms with Gasteiger partial charge in [0.05, 0.1) is 5.56 Å². The molecule has 4 nitrogen and oxygen atoms in total. The monoisotopic (exact) mass is 350 g/mol. The predicted octanol–water partition coefficient (Wildman–Crippen LogP) is 4.25. The van der Waals surface area contributed by atoms with Crippen LogP contribution in [-0.4, -0.2) is 21.0 Å². The zero-order chi connectivity index (χ0) is 18.1. The smallest absolute Gasteiger partial charge is 0.416 e. The maximum atomic E-state index is 12.8. The van der Waals surface area contributed by atoms with Crippen molar-refractivity contribution in [3.63, 3.8) is 0 Å². The maximum absolute atomic E-state index is 12.8. The lowest BCUT2D eigenvalue weighted by atomic mass is 9.75. The number of aromatic nitrogens is 2. The van der Waals surface area contributed by atoms with Gasteiger partial charge in [0.15, 0.2) is 5.69 Å². The second-order valence-electron chi connectivity index (χ2n) is 6.40. The van der Waals surface area contributed by atoms with E-state index in [0.717, 1.165) is 43.4 Å². The molecule has 25 heavy (non-hydrogen) atoms. The van der Waals surface area contributed by atoms with Crippen LogP contribution in [0.1, 0.15) is 53.1 Å². The Kier molecular flexibility index (Phi) is 4.49. The summed E-state index contributed by atoms with van der Waals surface area (Å²) in [6, 6.07) is 6.57. The number of rotatable bonds is 4. The van der Waals surface area contributed by atoms with Gasteiger partial charge >= 0.3 is 12.1 Å². The molecule has 1 fully saturated rings. The molecule has 0 aliphatic heterocycles. The Hall–Kier alpha value is -2.44. The van der Waals surface area contributed by atoms with E-state index in [4.69, 9.17) is 5.11 Å². The summed E-state index contributed by atoms with van der Waals surface area (Å²) in [6.07, 6.45) is 1.04. The van der Waals surface area contributed by atoms with Crippen LogP contribution in [0, 0.1) is 0 Å². The van der Waals surface area contributed by atoms with Crippen LogP contribution in [0.3, 0.4) is 0 Å². The molecule has 0 amide bonds. The van der Waals surface area contributed by atoms with Crippen LogP contribution in [0.15, 0.2) is 36.5 Å². The predicted molar refractivity (Wildman–Crippen MR) is 84.3 cm³/mol. The van der Waals surface area contributed by atoms with Crippen LogP contribution in [0.2, 0.25) is 0 Å². The summed E-state index contributed by atoms with van der Waals surface area (Å²) >= 11 is 0. The Morgan fingerprint density at radius 2 is 1.76 bits per heavy atom. The van der Waals surface area contributed by atoms with Crippen LogP contribution in [0.5, 0.6) is 0 Å². The number of aromatic carboxylic acids is 1. The van der Waals surface area contributed by atoms with Gasteiger partial charge in [0.1, 0.15) is 5.82 Å². The third-order valence-electron chi connectivity index (χ3n) is 4.81. The van der Waals surface area contributed by atoms with Crippen molar-refractivity contribution in [1.29, 1.82) is 0 Å². The molecule has 1 aromatic heterocycles. The van der Waals surface area contributed by atoms with Crippen molar-refractivity contribution in [2.45, 2.75) is 43.7 Å². The number of carboxylic acid groups (broad SMARTS) is 1. The van der Waals surface area contributed by atoms with Crippen molar-refractivity contribution in [3.8, 4) is 0 Å². The molecule has 0 saturated heterocycles. The first kappa shape index (κ1) is 17.4. The molecule has 0 radical (unpaired) electrons. The first-order valence-electron chi connectivity index (χ1n) is 8.03. The zero-order valence-electron chi connectivity index (χ0n) is 13.4. The fourth-order valence-electron chi connectivity index (χ4n) is 3.54. The molecular weight excluding hydrogens is 333 g/mol. The third-order valence-corrected chi connectivity index (χ3v) is 4.81. The van der Waals surface area contributed by atoms with E-state index in [9.17, 15) is 18.0 Å². The van der Waals surface area contributed by atoms with Gasteiger partial charge in [-0.05, 0) is 36.6 Å². The van der Waals surface area contributed by atoms with Gasteiger partial charge in [-0.15, -0.1) is 0 Å². The lowest BCUT2D eigenvalue weighted by Crippen LogP contribution is -2.27. The Morgan fingerprint density at radius 3 is 2.32 bits per heavy atom. The van der Waals surface area contributed by atoms with Gasteiger partial charge in [0, 0.05) is 18.0 Å². The lowest BCUT2D eigenvalue weighted by molar-refractivity contribution is -0.137. The first-order valence-corrected chi connectivity index (χ1v) is 8.03. The summed E-state index contributed by atoms with van der Waals surface area (Å²) in [7, 11) is 0. The van der Waals surface area contributed by atoms with Crippen LogP contribution >= 0.6 is 0 Å². The number of carbonyl (C=O) groups is 1. The van der Waals surface area contributed by atoms with Crippen molar-refractivity contribution in [2.24, 2.45) is 0 Å². The van der Waals surface area contributed by atoms with Gasteiger partial charge in [0.25, 0.3) is 0 Å². The van der Waals surface area contributed by atoms with E-state index in [-0.39, 0.29) is 11.1 Å². The molecular formula is C18H17F3N2O2. The van der Waals surface area contributed by atoms with Crippen LogP contribution in [0.4, 0.5) is 13.2 Å². The van der Waals surface area contributed by atoms with Gasteiger partial charge in [-0.25, -0.2) is 14.8 Å². The SMILES string of the molecule is O=C(O)c1ccnc(CC2(c3ccc(C(F)(F)F)cc3)CCCC2)n1. The molecule has 0 spiro atoms. The minimum absolute atomic E-state index is 0.0782. The van der Waals surface area contributed by atoms with E-state index in [1.54, 1.807) is 0 Å². The minimum Gasteiger partial charge on any atom is -0.477 e. The molecule has 2 aromatic rings. The van der Waals surface area contributed by atoms with Crippen molar-refractivity contribution in [2.75, 3.05) is 0 Å².